The molecule has 0 aromatic carbocycles. The van der Waals surface area contributed by atoms with E-state index in [0.29, 0.717) is 11.3 Å². The molecule has 7 nitrogen and oxygen atoms in total. The van der Waals surface area contributed by atoms with Crippen molar-refractivity contribution in [3.8, 4) is 0 Å². The van der Waals surface area contributed by atoms with E-state index >= 15 is 0 Å². The summed E-state index contributed by atoms with van der Waals surface area (Å²) in [5.41, 5.74) is 1.56. The molecule has 0 aliphatic rings. The van der Waals surface area contributed by atoms with Gasteiger partial charge in [0.2, 0.25) is 0 Å². The summed E-state index contributed by atoms with van der Waals surface area (Å²) in [6.07, 6.45) is 3.99. The van der Waals surface area contributed by atoms with Crippen molar-refractivity contribution in [1.82, 2.24) is 20.1 Å². The van der Waals surface area contributed by atoms with Gasteiger partial charge in [-0.25, -0.2) is 9.78 Å². The van der Waals surface area contributed by atoms with Crippen molar-refractivity contribution in [2.75, 3.05) is 32.1 Å². The van der Waals surface area contributed by atoms with E-state index in [1.165, 1.54) is 6.20 Å². The van der Waals surface area contributed by atoms with Gasteiger partial charge in [-0.1, -0.05) is 0 Å². The third kappa shape index (κ3) is 2.57. The van der Waals surface area contributed by atoms with Gasteiger partial charge in [0.15, 0.2) is 5.65 Å². The van der Waals surface area contributed by atoms with Crippen LogP contribution < -0.4 is 10.2 Å². The number of aromatic nitrogens is 3. The molecule has 0 atom stereocenters. The van der Waals surface area contributed by atoms with Crippen LogP contribution in [0.1, 0.15) is 16.8 Å². The van der Waals surface area contributed by atoms with Crippen LogP contribution in [-0.2, 0) is 7.05 Å². The highest BCUT2D eigenvalue weighted by molar-refractivity contribution is 6.03. The first-order valence-corrected chi connectivity index (χ1v) is 6.46. The van der Waals surface area contributed by atoms with Crippen molar-refractivity contribution in [2.24, 2.45) is 7.05 Å². The minimum Gasteiger partial charge on any atom is -0.478 e. The molecule has 0 fully saturated rings. The Morgan fingerprint density at radius 1 is 1.50 bits per heavy atom. The number of fused-ring (bicyclic) bond motifs is 1. The molecule has 0 amide bonds. The molecule has 2 rings (SSSR count). The Hall–Kier alpha value is -2.15. The second-order valence-electron chi connectivity index (χ2n) is 4.71. The van der Waals surface area contributed by atoms with Gasteiger partial charge in [-0.05, 0) is 20.0 Å². The molecule has 0 aliphatic carbocycles. The van der Waals surface area contributed by atoms with Crippen LogP contribution in [0.4, 0.5) is 5.69 Å². The van der Waals surface area contributed by atoms with Crippen LogP contribution in [0.15, 0.2) is 12.4 Å². The zero-order chi connectivity index (χ0) is 14.7. The largest absolute Gasteiger partial charge is 0.478 e. The number of pyridine rings is 1. The van der Waals surface area contributed by atoms with Crippen LogP contribution in [0.25, 0.3) is 11.0 Å². The molecular weight excluding hydrogens is 258 g/mol. The van der Waals surface area contributed by atoms with Crippen molar-refractivity contribution in [3.63, 3.8) is 0 Å². The molecule has 0 aliphatic heterocycles. The SMILES string of the molecule is CNCCCN(C)c1c(C(=O)O)cnc2c1cnn2C. The van der Waals surface area contributed by atoms with Crippen LogP contribution in [-0.4, -0.2) is 53.0 Å². The van der Waals surface area contributed by atoms with Crippen molar-refractivity contribution in [1.29, 1.82) is 0 Å². The number of nitrogens with zero attached hydrogens (tertiary/aromatic N) is 4. The standard InChI is InChI=1S/C13H19N5O2/c1-14-5-4-6-17(2)11-9-8-16-18(3)12(9)15-7-10(11)13(19)20/h7-8,14H,4-6H2,1-3H3,(H,19,20). The van der Waals surface area contributed by atoms with Crippen molar-refractivity contribution >= 4 is 22.7 Å². The highest BCUT2D eigenvalue weighted by Crippen LogP contribution is 2.28. The summed E-state index contributed by atoms with van der Waals surface area (Å²) in [6.45, 7) is 1.64. The first kappa shape index (κ1) is 14.3. The number of rotatable bonds is 6. The third-order valence-electron chi connectivity index (χ3n) is 3.27. The maximum atomic E-state index is 11.4. The van der Waals surface area contributed by atoms with Crippen LogP contribution in [0.5, 0.6) is 0 Å². The summed E-state index contributed by atoms with van der Waals surface area (Å²) in [6, 6.07) is 0. The second-order valence-corrected chi connectivity index (χ2v) is 4.71. The van der Waals surface area contributed by atoms with Crippen molar-refractivity contribution < 1.29 is 9.90 Å². The van der Waals surface area contributed by atoms with E-state index in [-0.39, 0.29) is 5.56 Å². The third-order valence-corrected chi connectivity index (χ3v) is 3.27. The van der Waals surface area contributed by atoms with Gasteiger partial charge in [-0.15, -0.1) is 0 Å². The molecule has 2 heterocycles. The predicted molar refractivity (Wildman–Crippen MR) is 77.3 cm³/mol. The maximum Gasteiger partial charge on any atom is 0.339 e. The molecule has 2 aromatic rings. The average molecular weight is 277 g/mol. The maximum absolute atomic E-state index is 11.4. The molecule has 2 N–H and O–H groups in total. The highest BCUT2D eigenvalue weighted by atomic mass is 16.4. The van der Waals surface area contributed by atoms with E-state index in [0.717, 1.165) is 24.9 Å². The zero-order valence-corrected chi connectivity index (χ0v) is 11.9. The van der Waals surface area contributed by atoms with Crippen LogP contribution >= 0.6 is 0 Å². The van der Waals surface area contributed by atoms with Crippen LogP contribution in [0, 0.1) is 0 Å². The van der Waals surface area contributed by atoms with Gasteiger partial charge >= 0.3 is 5.97 Å². The molecule has 0 bridgehead atoms. The van der Waals surface area contributed by atoms with Gasteiger partial charge in [0.25, 0.3) is 0 Å². The van der Waals surface area contributed by atoms with Crippen LogP contribution in [0.3, 0.4) is 0 Å². The predicted octanol–water partition coefficient (Wildman–Crippen LogP) is 0.712. The Kier molecular flexibility index (Phi) is 4.19. The average Bonchev–Trinajstić information content (AvgIpc) is 2.79. The summed E-state index contributed by atoms with van der Waals surface area (Å²) in [7, 11) is 5.58. The lowest BCUT2D eigenvalue weighted by Crippen LogP contribution is -2.24. The normalized spacial score (nSPS) is 10.9. The van der Waals surface area contributed by atoms with E-state index in [1.807, 2.05) is 19.0 Å². The molecule has 20 heavy (non-hydrogen) atoms. The lowest BCUT2D eigenvalue weighted by Gasteiger charge is -2.21. The summed E-state index contributed by atoms with van der Waals surface area (Å²) in [5.74, 6) is -0.973. The summed E-state index contributed by atoms with van der Waals surface area (Å²) in [4.78, 5) is 17.5. The number of carboxylic acids is 1. The summed E-state index contributed by atoms with van der Waals surface area (Å²) in [5, 5.41) is 17.3. The Morgan fingerprint density at radius 3 is 2.90 bits per heavy atom. The lowest BCUT2D eigenvalue weighted by molar-refractivity contribution is 0.0697. The fourth-order valence-electron chi connectivity index (χ4n) is 2.26. The molecule has 0 saturated heterocycles. The Balaban J connectivity index is 2.46. The van der Waals surface area contributed by atoms with Gasteiger partial charge < -0.3 is 15.3 Å². The molecule has 108 valence electrons. The molecule has 0 unspecified atom stereocenters. The fraction of sp³-hybridized carbons (Fsp3) is 0.462. The van der Waals surface area contributed by atoms with Gasteiger partial charge in [0.1, 0.15) is 5.56 Å². The number of carboxylic acid groups (broad SMARTS) is 1. The highest BCUT2D eigenvalue weighted by Gasteiger charge is 2.19. The smallest absolute Gasteiger partial charge is 0.339 e. The summed E-state index contributed by atoms with van der Waals surface area (Å²) < 4.78 is 1.64. The molecule has 0 radical (unpaired) electrons. The van der Waals surface area contributed by atoms with E-state index in [9.17, 15) is 9.90 Å². The second kappa shape index (κ2) is 5.87. The fourth-order valence-corrected chi connectivity index (χ4v) is 2.26. The molecule has 7 heteroatoms. The van der Waals surface area contributed by atoms with Gasteiger partial charge in [-0.2, -0.15) is 5.10 Å². The Bertz CT molecular complexity index is 622. The van der Waals surface area contributed by atoms with E-state index < -0.39 is 5.97 Å². The quantitative estimate of drug-likeness (QED) is 0.757. The number of aryl methyl sites for hydroxylation is 1. The zero-order valence-electron chi connectivity index (χ0n) is 11.9. The number of anilines is 1. The van der Waals surface area contributed by atoms with Gasteiger partial charge in [0, 0.05) is 26.8 Å². The number of hydrogen-bond acceptors (Lipinski definition) is 5. The molecule has 0 saturated carbocycles. The van der Waals surface area contributed by atoms with Crippen LogP contribution in [0.2, 0.25) is 0 Å². The minimum absolute atomic E-state index is 0.206. The number of nitrogens with one attached hydrogen (secondary N) is 1. The first-order valence-electron chi connectivity index (χ1n) is 6.46. The topological polar surface area (TPSA) is 83.3 Å². The molecule has 2 aromatic heterocycles. The van der Waals surface area contributed by atoms with Gasteiger partial charge in [0.05, 0.1) is 17.3 Å². The number of aromatic carboxylic acids is 1. The monoisotopic (exact) mass is 277 g/mol. The first-order chi connectivity index (χ1) is 9.56. The summed E-state index contributed by atoms with van der Waals surface area (Å²) >= 11 is 0. The molecular formula is C13H19N5O2. The Morgan fingerprint density at radius 2 is 2.25 bits per heavy atom. The molecule has 0 spiro atoms. The van der Waals surface area contributed by atoms with E-state index in [2.05, 4.69) is 15.4 Å². The van der Waals surface area contributed by atoms with Gasteiger partial charge in [-0.3, -0.25) is 4.68 Å². The minimum atomic E-state index is -0.973. The Labute approximate surface area is 117 Å². The van der Waals surface area contributed by atoms with E-state index in [1.54, 1.807) is 17.9 Å². The number of hydrogen-bond donors (Lipinski definition) is 2. The van der Waals surface area contributed by atoms with Crippen molar-refractivity contribution in [2.45, 2.75) is 6.42 Å². The van der Waals surface area contributed by atoms with E-state index in [4.69, 9.17) is 0 Å². The lowest BCUT2D eigenvalue weighted by atomic mass is 10.1. The van der Waals surface area contributed by atoms with Crippen molar-refractivity contribution in [3.05, 3.63) is 18.0 Å². The number of carbonyl (C=O) groups is 1.